The lowest BCUT2D eigenvalue weighted by Gasteiger charge is -2.28. The molecule has 0 radical (unpaired) electrons. The molecule has 0 amide bonds. The Bertz CT molecular complexity index is 341. The molecule has 0 aliphatic heterocycles. The van der Waals surface area contributed by atoms with E-state index in [1.807, 2.05) is 0 Å². The first kappa shape index (κ1) is 11.5. The van der Waals surface area contributed by atoms with Gasteiger partial charge < -0.3 is 5.73 Å². The number of benzene rings is 1. The van der Waals surface area contributed by atoms with Crippen molar-refractivity contribution < 1.29 is 8.78 Å². The number of hydrogen-bond acceptors (Lipinski definition) is 1. The highest BCUT2D eigenvalue weighted by Gasteiger charge is 2.21. The van der Waals surface area contributed by atoms with Gasteiger partial charge in [-0.2, -0.15) is 0 Å². The molecule has 2 N–H and O–H groups in total. The van der Waals surface area contributed by atoms with Crippen molar-refractivity contribution in [3.63, 3.8) is 0 Å². The largest absolute Gasteiger partial charge is 0.327 e. The number of halogens is 2. The van der Waals surface area contributed by atoms with E-state index in [4.69, 9.17) is 5.73 Å². The third kappa shape index (κ3) is 2.59. The van der Waals surface area contributed by atoms with E-state index in [1.54, 1.807) is 0 Å². The summed E-state index contributed by atoms with van der Waals surface area (Å²) in [5.41, 5.74) is 6.05. The summed E-state index contributed by atoms with van der Waals surface area (Å²) in [5, 5.41) is 0. The Morgan fingerprint density at radius 1 is 1.25 bits per heavy atom. The summed E-state index contributed by atoms with van der Waals surface area (Å²) >= 11 is 0. The van der Waals surface area contributed by atoms with Gasteiger partial charge in [0, 0.05) is 11.6 Å². The maximum atomic E-state index is 13.3. The van der Waals surface area contributed by atoms with Crippen LogP contribution in [-0.2, 0) is 6.42 Å². The molecule has 1 fully saturated rings. The van der Waals surface area contributed by atoms with Gasteiger partial charge in [-0.05, 0) is 30.9 Å². The highest BCUT2D eigenvalue weighted by atomic mass is 19.1. The van der Waals surface area contributed by atoms with Crippen LogP contribution in [0.15, 0.2) is 18.2 Å². The van der Waals surface area contributed by atoms with E-state index < -0.39 is 11.6 Å². The monoisotopic (exact) mass is 225 g/mol. The predicted octanol–water partition coefficient (Wildman–Crippen LogP) is 3.02. The van der Waals surface area contributed by atoms with Crippen molar-refractivity contribution in [2.24, 2.45) is 11.7 Å². The van der Waals surface area contributed by atoms with E-state index in [0.29, 0.717) is 12.3 Å². The van der Waals surface area contributed by atoms with Gasteiger partial charge in [0.25, 0.3) is 0 Å². The molecule has 16 heavy (non-hydrogen) atoms. The quantitative estimate of drug-likeness (QED) is 0.837. The number of rotatable bonds is 4. The second kappa shape index (κ2) is 4.91. The summed E-state index contributed by atoms with van der Waals surface area (Å²) in [6.07, 6.45) is 4.88. The zero-order chi connectivity index (χ0) is 11.5. The molecule has 1 aromatic rings. The van der Waals surface area contributed by atoms with Crippen LogP contribution in [0.5, 0.6) is 0 Å². The third-order valence-electron chi connectivity index (χ3n) is 3.39. The molecular weight excluding hydrogens is 208 g/mol. The fourth-order valence-corrected chi connectivity index (χ4v) is 2.23. The summed E-state index contributed by atoms with van der Waals surface area (Å²) in [5.74, 6) is -0.294. The van der Waals surface area contributed by atoms with E-state index in [-0.39, 0.29) is 11.6 Å². The minimum Gasteiger partial charge on any atom is -0.327 e. The Kier molecular flexibility index (Phi) is 3.54. The van der Waals surface area contributed by atoms with Gasteiger partial charge in [0.15, 0.2) is 0 Å². The first-order valence-electron chi connectivity index (χ1n) is 5.85. The van der Waals surface area contributed by atoms with Crippen molar-refractivity contribution >= 4 is 0 Å². The smallest absolute Gasteiger partial charge is 0.129 e. The Hall–Kier alpha value is -0.960. The molecule has 1 saturated carbocycles. The van der Waals surface area contributed by atoms with Gasteiger partial charge in [-0.1, -0.05) is 25.3 Å². The molecule has 1 aliphatic rings. The Balaban J connectivity index is 1.96. The Morgan fingerprint density at radius 3 is 2.38 bits per heavy atom. The van der Waals surface area contributed by atoms with Crippen LogP contribution in [0.1, 0.15) is 31.2 Å². The Labute approximate surface area is 94.7 Å². The maximum absolute atomic E-state index is 13.3. The molecule has 1 atom stereocenters. The molecule has 3 heteroatoms. The molecular formula is C13H17F2N. The van der Waals surface area contributed by atoms with E-state index >= 15 is 0 Å². The number of hydrogen-bond donors (Lipinski definition) is 1. The van der Waals surface area contributed by atoms with E-state index in [1.165, 1.54) is 37.5 Å². The predicted molar refractivity (Wildman–Crippen MR) is 60.0 cm³/mol. The molecule has 0 saturated heterocycles. The van der Waals surface area contributed by atoms with Crippen LogP contribution in [0.25, 0.3) is 0 Å². The molecule has 0 spiro atoms. The summed E-state index contributed by atoms with van der Waals surface area (Å²) in [6.45, 7) is 0. The third-order valence-corrected chi connectivity index (χ3v) is 3.39. The second-order valence-electron chi connectivity index (χ2n) is 4.70. The highest BCUT2D eigenvalue weighted by molar-refractivity contribution is 5.20. The van der Waals surface area contributed by atoms with Gasteiger partial charge in [-0.25, -0.2) is 8.78 Å². The van der Waals surface area contributed by atoms with Crippen LogP contribution in [0.4, 0.5) is 8.78 Å². The normalized spacial score (nSPS) is 18.2. The minimum absolute atomic E-state index is 0.128. The Morgan fingerprint density at radius 2 is 1.88 bits per heavy atom. The average molecular weight is 225 g/mol. The highest BCUT2D eigenvalue weighted by Crippen LogP contribution is 2.30. The summed E-state index contributed by atoms with van der Waals surface area (Å²) in [7, 11) is 0. The van der Waals surface area contributed by atoms with Gasteiger partial charge >= 0.3 is 0 Å². The zero-order valence-corrected chi connectivity index (χ0v) is 9.26. The molecule has 1 unspecified atom stereocenters. The van der Waals surface area contributed by atoms with Crippen LogP contribution >= 0.6 is 0 Å². The SMILES string of the molecule is NC(Cc1c(F)cccc1F)CC1CCC1. The first-order chi connectivity index (χ1) is 7.66. The lowest BCUT2D eigenvalue weighted by Crippen LogP contribution is -2.29. The minimum atomic E-state index is -0.482. The van der Waals surface area contributed by atoms with Crippen LogP contribution in [0.3, 0.4) is 0 Å². The van der Waals surface area contributed by atoms with Gasteiger partial charge in [-0.15, -0.1) is 0 Å². The lowest BCUT2D eigenvalue weighted by molar-refractivity contribution is 0.274. The summed E-state index contributed by atoms with van der Waals surface area (Å²) in [4.78, 5) is 0. The van der Waals surface area contributed by atoms with Crippen LogP contribution in [0, 0.1) is 17.6 Å². The van der Waals surface area contributed by atoms with E-state index in [0.717, 1.165) is 6.42 Å². The lowest BCUT2D eigenvalue weighted by atomic mass is 9.80. The van der Waals surface area contributed by atoms with Gasteiger partial charge in [0.05, 0.1) is 0 Å². The topological polar surface area (TPSA) is 26.0 Å². The maximum Gasteiger partial charge on any atom is 0.129 e. The van der Waals surface area contributed by atoms with Crippen molar-refractivity contribution in [2.45, 2.75) is 38.1 Å². The first-order valence-corrected chi connectivity index (χ1v) is 5.85. The molecule has 0 bridgehead atoms. The fraction of sp³-hybridized carbons (Fsp3) is 0.538. The van der Waals surface area contributed by atoms with Crippen molar-refractivity contribution in [1.82, 2.24) is 0 Å². The van der Waals surface area contributed by atoms with Crippen LogP contribution < -0.4 is 5.73 Å². The molecule has 0 aromatic heterocycles. The molecule has 1 nitrogen and oxygen atoms in total. The molecule has 0 heterocycles. The summed E-state index contributed by atoms with van der Waals surface area (Å²) < 4.78 is 26.7. The van der Waals surface area contributed by atoms with Gasteiger partial charge in [-0.3, -0.25) is 0 Å². The zero-order valence-electron chi connectivity index (χ0n) is 9.26. The second-order valence-corrected chi connectivity index (χ2v) is 4.70. The summed E-state index contributed by atoms with van der Waals surface area (Å²) in [6, 6.07) is 3.82. The standard InChI is InChI=1S/C13H17F2N/c14-12-5-2-6-13(15)11(12)8-10(16)7-9-3-1-4-9/h2,5-6,9-10H,1,3-4,7-8,16H2. The van der Waals surface area contributed by atoms with E-state index in [9.17, 15) is 8.78 Å². The molecule has 1 aliphatic carbocycles. The van der Waals surface area contributed by atoms with Crippen molar-refractivity contribution in [1.29, 1.82) is 0 Å². The average Bonchev–Trinajstić information content (AvgIpc) is 2.18. The van der Waals surface area contributed by atoms with Gasteiger partial charge in [0.1, 0.15) is 11.6 Å². The van der Waals surface area contributed by atoms with Crippen LogP contribution in [-0.4, -0.2) is 6.04 Å². The fourth-order valence-electron chi connectivity index (χ4n) is 2.23. The van der Waals surface area contributed by atoms with E-state index in [2.05, 4.69) is 0 Å². The molecule has 88 valence electrons. The van der Waals surface area contributed by atoms with Gasteiger partial charge in [0.2, 0.25) is 0 Å². The number of nitrogens with two attached hydrogens (primary N) is 1. The van der Waals surface area contributed by atoms with Crippen LogP contribution in [0.2, 0.25) is 0 Å². The molecule has 2 rings (SSSR count). The van der Waals surface area contributed by atoms with Crippen molar-refractivity contribution in [2.75, 3.05) is 0 Å². The molecule has 1 aromatic carbocycles. The van der Waals surface area contributed by atoms with Crippen molar-refractivity contribution in [3.8, 4) is 0 Å². The van der Waals surface area contributed by atoms with Crippen molar-refractivity contribution in [3.05, 3.63) is 35.4 Å².